The SMILES string of the molecule is CCC1=NOC(C(=O)NCc2cn3nc(C)sc3n2)C1. The van der Waals surface area contributed by atoms with Gasteiger partial charge in [0.05, 0.1) is 24.1 Å². The Balaban J connectivity index is 1.56. The molecule has 3 heterocycles. The summed E-state index contributed by atoms with van der Waals surface area (Å²) in [6, 6.07) is 0. The minimum Gasteiger partial charge on any atom is -0.382 e. The molecule has 0 aliphatic carbocycles. The molecular weight excluding hydrogens is 278 g/mol. The number of oxime groups is 1. The van der Waals surface area contributed by atoms with Crippen molar-refractivity contribution in [1.82, 2.24) is 19.9 Å². The van der Waals surface area contributed by atoms with Crippen LogP contribution in [0.15, 0.2) is 11.4 Å². The third-order valence-corrected chi connectivity index (χ3v) is 3.91. The van der Waals surface area contributed by atoms with Crippen molar-refractivity contribution in [2.24, 2.45) is 5.16 Å². The van der Waals surface area contributed by atoms with Crippen molar-refractivity contribution in [3.8, 4) is 0 Å². The highest BCUT2D eigenvalue weighted by atomic mass is 32.1. The molecule has 2 aromatic heterocycles. The van der Waals surface area contributed by atoms with E-state index in [1.807, 2.05) is 20.0 Å². The Morgan fingerprint density at radius 2 is 2.50 bits per heavy atom. The molecule has 0 aromatic carbocycles. The zero-order valence-electron chi connectivity index (χ0n) is 11.3. The van der Waals surface area contributed by atoms with E-state index in [9.17, 15) is 4.79 Å². The summed E-state index contributed by atoms with van der Waals surface area (Å²) in [7, 11) is 0. The summed E-state index contributed by atoms with van der Waals surface area (Å²) in [4.78, 5) is 22.3. The fourth-order valence-electron chi connectivity index (χ4n) is 2.00. The van der Waals surface area contributed by atoms with E-state index in [1.165, 1.54) is 11.3 Å². The highest BCUT2D eigenvalue weighted by Crippen LogP contribution is 2.14. The molecular formula is C12H15N5O2S. The molecule has 106 valence electrons. The summed E-state index contributed by atoms with van der Waals surface area (Å²) in [6.45, 7) is 4.30. The van der Waals surface area contributed by atoms with Gasteiger partial charge in [-0.2, -0.15) is 5.10 Å². The van der Waals surface area contributed by atoms with Crippen molar-refractivity contribution in [2.75, 3.05) is 0 Å². The number of aryl methyl sites for hydroxylation is 1. The number of aromatic nitrogens is 3. The molecule has 1 atom stereocenters. The maximum absolute atomic E-state index is 11.9. The quantitative estimate of drug-likeness (QED) is 0.920. The average Bonchev–Trinajstić information content (AvgIpc) is 3.09. The first-order valence-electron chi connectivity index (χ1n) is 6.46. The van der Waals surface area contributed by atoms with Gasteiger partial charge in [-0.1, -0.05) is 23.4 Å². The number of nitrogens with zero attached hydrogens (tertiary/aromatic N) is 4. The van der Waals surface area contributed by atoms with Gasteiger partial charge in [-0.25, -0.2) is 9.50 Å². The zero-order chi connectivity index (χ0) is 14.1. The molecule has 1 aliphatic heterocycles. The van der Waals surface area contributed by atoms with E-state index in [-0.39, 0.29) is 5.91 Å². The van der Waals surface area contributed by atoms with Crippen LogP contribution in [0.25, 0.3) is 4.96 Å². The lowest BCUT2D eigenvalue weighted by atomic mass is 10.1. The van der Waals surface area contributed by atoms with Gasteiger partial charge in [0.1, 0.15) is 5.01 Å². The normalized spacial score (nSPS) is 18.1. The third-order valence-electron chi connectivity index (χ3n) is 3.07. The third kappa shape index (κ3) is 2.51. The summed E-state index contributed by atoms with van der Waals surface area (Å²) in [5, 5.41) is 11.9. The molecule has 2 aromatic rings. The summed E-state index contributed by atoms with van der Waals surface area (Å²) in [6.07, 6.45) is 2.70. The molecule has 20 heavy (non-hydrogen) atoms. The first-order valence-corrected chi connectivity index (χ1v) is 7.28. The first kappa shape index (κ1) is 13.0. The maximum Gasteiger partial charge on any atom is 0.264 e. The lowest BCUT2D eigenvalue weighted by molar-refractivity contribution is -0.131. The van der Waals surface area contributed by atoms with Crippen molar-refractivity contribution in [2.45, 2.75) is 39.3 Å². The standard InChI is InChI=1S/C12H15N5O2S/c1-3-8-4-10(19-16-8)11(18)13-5-9-6-17-12(14-9)20-7(2)15-17/h6,10H,3-5H2,1-2H3,(H,13,18). The van der Waals surface area contributed by atoms with Gasteiger partial charge in [0.25, 0.3) is 5.91 Å². The number of carbonyl (C=O) groups excluding carboxylic acids is 1. The minimum absolute atomic E-state index is 0.155. The van der Waals surface area contributed by atoms with Gasteiger partial charge in [-0.05, 0) is 13.3 Å². The van der Waals surface area contributed by atoms with Gasteiger partial charge < -0.3 is 10.2 Å². The van der Waals surface area contributed by atoms with Crippen LogP contribution >= 0.6 is 11.3 Å². The molecule has 0 saturated heterocycles. The molecule has 0 fully saturated rings. The van der Waals surface area contributed by atoms with Crippen molar-refractivity contribution in [3.63, 3.8) is 0 Å². The van der Waals surface area contributed by atoms with Crippen LogP contribution in [0.2, 0.25) is 0 Å². The predicted octanol–water partition coefficient (Wildman–Crippen LogP) is 1.27. The van der Waals surface area contributed by atoms with Crippen LogP contribution in [-0.2, 0) is 16.2 Å². The molecule has 1 aliphatic rings. The van der Waals surface area contributed by atoms with Crippen LogP contribution in [0.3, 0.4) is 0 Å². The summed E-state index contributed by atoms with van der Waals surface area (Å²) in [5.41, 5.74) is 1.71. The molecule has 1 unspecified atom stereocenters. The van der Waals surface area contributed by atoms with E-state index in [2.05, 4.69) is 20.6 Å². The first-order chi connectivity index (χ1) is 9.65. The van der Waals surface area contributed by atoms with Crippen molar-refractivity contribution < 1.29 is 9.63 Å². The Bertz CT molecular complexity index is 643. The lowest BCUT2D eigenvalue weighted by Crippen LogP contribution is -2.34. The number of amides is 1. The second-order valence-electron chi connectivity index (χ2n) is 4.61. The highest BCUT2D eigenvalue weighted by Gasteiger charge is 2.27. The fraction of sp³-hybridized carbons (Fsp3) is 0.500. The number of hydrogen-bond acceptors (Lipinski definition) is 6. The summed E-state index contributed by atoms with van der Waals surface area (Å²) < 4.78 is 1.73. The van der Waals surface area contributed by atoms with E-state index in [1.54, 1.807) is 4.52 Å². The van der Waals surface area contributed by atoms with Crippen LogP contribution in [-0.4, -0.2) is 32.3 Å². The Morgan fingerprint density at radius 1 is 1.65 bits per heavy atom. The van der Waals surface area contributed by atoms with Crippen LogP contribution in [0, 0.1) is 6.92 Å². The fourth-order valence-corrected chi connectivity index (χ4v) is 2.74. The molecule has 1 N–H and O–H groups in total. The lowest BCUT2D eigenvalue weighted by Gasteiger charge is -2.07. The van der Waals surface area contributed by atoms with E-state index in [0.29, 0.717) is 13.0 Å². The van der Waals surface area contributed by atoms with Crippen molar-refractivity contribution in [3.05, 3.63) is 16.9 Å². The van der Waals surface area contributed by atoms with E-state index in [0.717, 1.165) is 27.8 Å². The zero-order valence-corrected chi connectivity index (χ0v) is 12.1. The minimum atomic E-state index is -0.506. The number of rotatable bonds is 4. The molecule has 0 spiro atoms. The molecule has 8 heteroatoms. The van der Waals surface area contributed by atoms with Gasteiger partial charge in [0, 0.05) is 6.42 Å². The van der Waals surface area contributed by atoms with Crippen LogP contribution in [0.1, 0.15) is 30.5 Å². The largest absolute Gasteiger partial charge is 0.382 e. The number of carbonyl (C=O) groups is 1. The number of fused-ring (bicyclic) bond motifs is 1. The van der Waals surface area contributed by atoms with Gasteiger partial charge in [0.2, 0.25) is 11.1 Å². The molecule has 0 radical (unpaired) electrons. The van der Waals surface area contributed by atoms with Gasteiger partial charge in [-0.3, -0.25) is 4.79 Å². The average molecular weight is 293 g/mol. The van der Waals surface area contributed by atoms with Gasteiger partial charge >= 0.3 is 0 Å². The molecule has 0 saturated carbocycles. The van der Waals surface area contributed by atoms with Crippen molar-refractivity contribution >= 4 is 27.9 Å². The number of imidazole rings is 1. The van der Waals surface area contributed by atoms with Crippen LogP contribution < -0.4 is 5.32 Å². The Hall–Kier alpha value is -1.96. The van der Waals surface area contributed by atoms with Crippen LogP contribution in [0.5, 0.6) is 0 Å². The Kier molecular flexibility index (Phi) is 3.39. The molecule has 1 amide bonds. The summed E-state index contributed by atoms with van der Waals surface area (Å²) >= 11 is 1.52. The van der Waals surface area contributed by atoms with E-state index >= 15 is 0 Å². The second-order valence-corrected chi connectivity index (χ2v) is 5.77. The Labute approximate surface area is 119 Å². The monoisotopic (exact) mass is 293 g/mol. The smallest absolute Gasteiger partial charge is 0.264 e. The predicted molar refractivity (Wildman–Crippen MR) is 74.7 cm³/mol. The van der Waals surface area contributed by atoms with E-state index in [4.69, 9.17) is 4.84 Å². The molecule has 7 nitrogen and oxygen atoms in total. The van der Waals surface area contributed by atoms with Gasteiger partial charge in [-0.15, -0.1) is 0 Å². The highest BCUT2D eigenvalue weighted by molar-refractivity contribution is 7.16. The Morgan fingerprint density at radius 3 is 3.20 bits per heavy atom. The topological polar surface area (TPSA) is 80.9 Å². The van der Waals surface area contributed by atoms with E-state index < -0.39 is 6.10 Å². The van der Waals surface area contributed by atoms with Gasteiger partial charge in [0.15, 0.2) is 0 Å². The maximum atomic E-state index is 11.9. The number of hydrogen-bond donors (Lipinski definition) is 1. The molecule has 3 rings (SSSR count). The van der Waals surface area contributed by atoms with Crippen LogP contribution in [0.4, 0.5) is 0 Å². The van der Waals surface area contributed by atoms with Crippen molar-refractivity contribution in [1.29, 1.82) is 0 Å². The second kappa shape index (κ2) is 5.20. The summed E-state index contributed by atoms with van der Waals surface area (Å²) in [5.74, 6) is -0.155. The number of nitrogens with one attached hydrogen (secondary N) is 1. The molecule has 0 bridgehead atoms.